The normalized spacial score (nSPS) is 13.6. The number of carbonyl (C=O) groups excluding carboxylic acids is 1. The molecule has 118 valence electrons. The highest BCUT2D eigenvalue weighted by atomic mass is 35.5. The number of H-pyrrole nitrogens is 1. The molecule has 5 nitrogen and oxygen atoms in total. The maximum atomic E-state index is 12.4. The number of aliphatic hydroxyl groups is 1. The van der Waals surface area contributed by atoms with E-state index in [9.17, 15) is 9.90 Å². The Bertz CT molecular complexity index is 625. The number of aromatic amines is 1. The smallest absolute Gasteiger partial charge is 0.255 e. The van der Waals surface area contributed by atoms with Gasteiger partial charge in [-0.1, -0.05) is 44.0 Å². The van der Waals surface area contributed by atoms with Crippen molar-refractivity contribution < 1.29 is 9.90 Å². The summed E-state index contributed by atoms with van der Waals surface area (Å²) >= 11 is 5.88. The molecule has 3 N–H and O–H groups in total. The maximum Gasteiger partial charge on any atom is 0.255 e. The number of carbonyl (C=O) groups is 1. The van der Waals surface area contributed by atoms with E-state index < -0.39 is 0 Å². The standard InChI is InChI=1S/C16H20ClN3O2/c1-3-10(2)14(9-21)19-16(22)13-8-18-20-15(13)11-4-6-12(17)7-5-11/h4-8,10,14,21H,3,9H2,1-2H3,(H,18,20)(H,19,22). The highest BCUT2D eigenvalue weighted by molar-refractivity contribution is 6.30. The molecular weight excluding hydrogens is 302 g/mol. The Labute approximate surface area is 134 Å². The molecule has 0 saturated heterocycles. The van der Waals surface area contributed by atoms with Gasteiger partial charge in [-0.15, -0.1) is 0 Å². The molecule has 0 saturated carbocycles. The molecule has 6 heteroatoms. The second kappa shape index (κ2) is 7.42. The van der Waals surface area contributed by atoms with Crippen LogP contribution in [0, 0.1) is 5.92 Å². The Morgan fingerprint density at radius 3 is 2.68 bits per heavy atom. The minimum atomic E-state index is -0.273. The number of aromatic nitrogens is 2. The molecule has 0 radical (unpaired) electrons. The van der Waals surface area contributed by atoms with E-state index in [1.54, 1.807) is 12.1 Å². The summed E-state index contributed by atoms with van der Waals surface area (Å²) in [6.45, 7) is 3.93. The van der Waals surface area contributed by atoms with Gasteiger partial charge in [0.25, 0.3) is 5.91 Å². The van der Waals surface area contributed by atoms with E-state index >= 15 is 0 Å². The Morgan fingerprint density at radius 1 is 1.41 bits per heavy atom. The zero-order chi connectivity index (χ0) is 16.1. The van der Waals surface area contributed by atoms with Crippen molar-refractivity contribution in [1.29, 1.82) is 0 Å². The molecule has 22 heavy (non-hydrogen) atoms. The lowest BCUT2D eigenvalue weighted by Crippen LogP contribution is -2.41. The predicted octanol–water partition coefficient (Wildman–Crippen LogP) is 2.87. The van der Waals surface area contributed by atoms with Gasteiger partial charge in [0.05, 0.1) is 30.1 Å². The van der Waals surface area contributed by atoms with Crippen LogP contribution in [-0.2, 0) is 0 Å². The first-order valence-corrected chi connectivity index (χ1v) is 7.65. The molecule has 0 bridgehead atoms. The minimum Gasteiger partial charge on any atom is -0.394 e. The summed E-state index contributed by atoms with van der Waals surface area (Å²) in [4.78, 5) is 12.4. The Balaban J connectivity index is 2.21. The SMILES string of the molecule is CCC(C)C(CO)NC(=O)c1cn[nH]c1-c1ccc(Cl)cc1. The van der Waals surface area contributed by atoms with Gasteiger partial charge in [0.15, 0.2) is 0 Å². The lowest BCUT2D eigenvalue weighted by atomic mass is 9.99. The summed E-state index contributed by atoms with van der Waals surface area (Å²) in [6, 6.07) is 6.89. The van der Waals surface area contributed by atoms with Crippen molar-refractivity contribution in [3.05, 3.63) is 41.0 Å². The lowest BCUT2D eigenvalue weighted by molar-refractivity contribution is 0.0892. The van der Waals surface area contributed by atoms with Gasteiger partial charge >= 0.3 is 0 Å². The van der Waals surface area contributed by atoms with Gasteiger partial charge in [-0.25, -0.2) is 0 Å². The number of hydrogen-bond donors (Lipinski definition) is 3. The van der Waals surface area contributed by atoms with Crippen LogP contribution in [0.1, 0.15) is 30.6 Å². The van der Waals surface area contributed by atoms with Crippen molar-refractivity contribution in [2.45, 2.75) is 26.3 Å². The molecule has 1 aromatic heterocycles. The van der Waals surface area contributed by atoms with E-state index in [2.05, 4.69) is 15.5 Å². The molecule has 2 atom stereocenters. The first kappa shape index (κ1) is 16.5. The van der Waals surface area contributed by atoms with Crippen LogP contribution in [-0.4, -0.2) is 33.9 Å². The molecule has 2 unspecified atom stereocenters. The summed E-state index contributed by atoms with van der Waals surface area (Å²) < 4.78 is 0. The first-order chi connectivity index (χ1) is 10.6. The van der Waals surface area contributed by atoms with Gasteiger partial charge in [0.2, 0.25) is 0 Å². The van der Waals surface area contributed by atoms with E-state index in [0.29, 0.717) is 16.3 Å². The van der Waals surface area contributed by atoms with Crippen molar-refractivity contribution in [3.63, 3.8) is 0 Å². The van der Waals surface area contributed by atoms with Crippen LogP contribution in [0.15, 0.2) is 30.5 Å². The molecule has 0 aliphatic heterocycles. The van der Waals surface area contributed by atoms with Crippen LogP contribution >= 0.6 is 11.6 Å². The van der Waals surface area contributed by atoms with Gasteiger partial charge in [0, 0.05) is 10.6 Å². The van der Waals surface area contributed by atoms with Gasteiger partial charge in [0.1, 0.15) is 0 Å². The molecule has 2 rings (SSSR count). The molecule has 1 aromatic carbocycles. The van der Waals surface area contributed by atoms with E-state index in [1.165, 1.54) is 6.20 Å². The van der Waals surface area contributed by atoms with Crippen molar-refractivity contribution in [2.24, 2.45) is 5.92 Å². The number of amides is 1. The number of benzene rings is 1. The third-order valence-electron chi connectivity index (χ3n) is 3.86. The zero-order valence-electron chi connectivity index (χ0n) is 12.6. The topological polar surface area (TPSA) is 78.0 Å². The van der Waals surface area contributed by atoms with Gasteiger partial charge in [-0.05, 0) is 18.1 Å². The summed E-state index contributed by atoms with van der Waals surface area (Å²) in [5, 5.41) is 19.7. The fourth-order valence-corrected chi connectivity index (χ4v) is 2.32. The van der Waals surface area contributed by atoms with Crippen LogP contribution in [0.3, 0.4) is 0 Å². The Hall–Kier alpha value is -1.85. The van der Waals surface area contributed by atoms with Crippen molar-refractivity contribution >= 4 is 17.5 Å². The average Bonchev–Trinajstić information content (AvgIpc) is 3.02. The fraction of sp³-hybridized carbons (Fsp3) is 0.375. The van der Waals surface area contributed by atoms with Crippen LogP contribution < -0.4 is 5.32 Å². The second-order valence-electron chi connectivity index (χ2n) is 5.31. The maximum absolute atomic E-state index is 12.4. The van der Waals surface area contributed by atoms with Gasteiger partial charge in [-0.3, -0.25) is 9.89 Å². The predicted molar refractivity (Wildman–Crippen MR) is 86.8 cm³/mol. The minimum absolute atomic E-state index is 0.0884. The summed E-state index contributed by atoms with van der Waals surface area (Å²) in [5.41, 5.74) is 1.91. The Kier molecular flexibility index (Phi) is 5.57. The molecule has 0 aliphatic carbocycles. The molecular formula is C16H20ClN3O2. The van der Waals surface area contributed by atoms with Crippen molar-refractivity contribution in [1.82, 2.24) is 15.5 Å². The number of aliphatic hydroxyl groups excluding tert-OH is 1. The fourth-order valence-electron chi connectivity index (χ4n) is 2.19. The molecule has 0 aliphatic rings. The van der Waals surface area contributed by atoms with E-state index in [-0.39, 0.29) is 24.5 Å². The molecule has 1 heterocycles. The lowest BCUT2D eigenvalue weighted by Gasteiger charge is -2.22. The zero-order valence-corrected chi connectivity index (χ0v) is 13.4. The summed E-state index contributed by atoms with van der Waals surface area (Å²) in [5.74, 6) is -0.0575. The molecule has 0 spiro atoms. The molecule has 1 amide bonds. The highest BCUT2D eigenvalue weighted by Crippen LogP contribution is 2.23. The van der Waals surface area contributed by atoms with Gasteiger partial charge < -0.3 is 10.4 Å². The molecule has 0 fully saturated rings. The third kappa shape index (κ3) is 3.67. The van der Waals surface area contributed by atoms with E-state index in [4.69, 9.17) is 11.6 Å². The number of rotatable bonds is 6. The average molecular weight is 322 g/mol. The summed E-state index contributed by atoms with van der Waals surface area (Å²) in [6.07, 6.45) is 2.37. The van der Waals surface area contributed by atoms with Gasteiger partial charge in [-0.2, -0.15) is 5.10 Å². The number of hydrogen-bond acceptors (Lipinski definition) is 3. The number of halogens is 1. The molecule has 2 aromatic rings. The highest BCUT2D eigenvalue weighted by Gasteiger charge is 2.21. The number of nitrogens with one attached hydrogen (secondary N) is 2. The van der Waals surface area contributed by atoms with E-state index in [1.807, 2.05) is 26.0 Å². The van der Waals surface area contributed by atoms with Crippen LogP contribution in [0.25, 0.3) is 11.3 Å². The van der Waals surface area contributed by atoms with Crippen LogP contribution in [0.4, 0.5) is 0 Å². The van der Waals surface area contributed by atoms with E-state index in [0.717, 1.165) is 12.0 Å². The Morgan fingerprint density at radius 2 is 2.09 bits per heavy atom. The van der Waals surface area contributed by atoms with Crippen molar-refractivity contribution in [3.8, 4) is 11.3 Å². The van der Waals surface area contributed by atoms with Crippen LogP contribution in [0.5, 0.6) is 0 Å². The third-order valence-corrected chi connectivity index (χ3v) is 4.11. The first-order valence-electron chi connectivity index (χ1n) is 7.27. The second-order valence-corrected chi connectivity index (χ2v) is 5.75. The monoisotopic (exact) mass is 321 g/mol. The van der Waals surface area contributed by atoms with Crippen molar-refractivity contribution in [2.75, 3.05) is 6.61 Å². The van der Waals surface area contributed by atoms with Crippen LogP contribution in [0.2, 0.25) is 5.02 Å². The number of nitrogens with zero attached hydrogens (tertiary/aromatic N) is 1. The quantitative estimate of drug-likeness (QED) is 0.765. The summed E-state index contributed by atoms with van der Waals surface area (Å²) in [7, 11) is 0. The largest absolute Gasteiger partial charge is 0.394 e.